The number of hydrogen-bond donors (Lipinski definition) is 1. The average Bonchev–Trinajstić information content (AvgIpc) is 3.11. The Morgan fingerprint density at radius 3 is 2.56 bits per heavy atom. The van der Waals surface area contributed by atoms with Crippen LogP contribution in [-0.4, -0.2) is 16.0 Å². The first-order chi connectivity index (χ1) is 12.1. The van der Waals surface area contributed by atoms with Crippen molar-refractivity contribution < 1.29 is 4.42 Å². The first kappa shape index (κ1) is 17.0. The molecule has 5 heteroatoms. The summed E-state index contributed by atoms with van der Waals surface area (Å²) in [7, 11) is 0. The highest BCUT2D eigenvalue weighted by Crippen LogP contribution is 2.19. The van der Waals surface area contributed by atoms with Crippen LogP contribution < -0.4 is 10.2 Å². The molecule has 0 unspecified atom stereocenters. The lowest BCUT2D eigenvalue weighted by atomic mass is 10.2. The van der Waals surface area contributed by atoms with Gasteiger partial charge in [-0.15, -0.1) is 0 Å². The molecule has 0 aliphatic heterocycles. The molecule has 2 aromatic heterocycles. The summed E-state index contributed by atoms with van der Waals surface area (Å²) in [6.45, 7) is 7.68. The highest BCUT2D eigenvalue weighted by Gasteiger charge is 2.15. The predicted octanol–water partition coefficient (Wildman–Crippen LogP) is 4.41. The molecule has 0 aliphatic carbocycles. The lowest BCUT2D eigenvalue weighted by molar-refractivity contribution is 0.517. The zero-order chi connectivity index (χ0) is 17.6. The molecule has 0 fully saturated rings. The number of benzene rings is 1. The number of anilines is 2. The maximum absolute atomic E-state index is 5.36. The van der Waals surface area contributed by atoms with Crippen LogP contribution in [0.3, 0.4) is 0 Å². The fourth-order valence-electron chi connectivity index (χ4n) is 2.63. The second-order valence-electron chi connectivity index (χ2n) is 6.33. The van der Waals surface area contributed by atoms with Gasteiger partial charge in [-0.3, -0.25) is 0 Å². The van der Waals surface area contributed by atoms with Crippen molar-refractivity contribution in [2.45, 2.75) is 39.9 Å². The molecule has 0 spiro atoms. The lowest BCUT2D eigenvalue weighted by Crippen LogP contribution is -2.32. The van der Waals surface area contributed by atoms with Crippen molar-refractivity contribution in [3.63, 3.8) is 0 Å². The third-order valence-corrected chi connectivity index (χ3v) is 3.94. The van der Waals surface area contributed by atoms with Gasteiger partial charge in [-0.05, 0) is 38.5 Å². The van der Waals surface area contributed by atoms with Crippen molar-refractivity contribution in [2.75, 3.05) is 10.2 Å². The third-order valence-electron chi connectivity index (χ3n) is 3.94. The Balaban J connectivity index is 1.80. The Bertz CT molecular complexity index is 785. The summed E-state index contributed by atoms with van der Waals surface area (Å²) in [5.41, 5.74) is 2.18. The zero-order valence-electron chi connectivity index (χ0n) is 14.9. The van der Waals surface area contributed by atoms with E-state index in [1.807, 2.05) is 31.2 Å². The van der Waals surface area contributed by atoms with Crippen molar-refractivity contribution in [3.05, 3.63) is 71.8 Å². The topological polar surface area (TPSA) is 54.2 Å². The average molecular weight is 336 g/mol. The lowest BCUT2D eigenvalue weighted by Gasteiger charge is -2.27. The number of furan rings is 1. The van der Waals surface area contributed by atoms with Gasteiger partial charge in [0.15, 0.2) is 0 Å². The zero-order valence-corrected chi connectivity index (χ0v) is 14.9. The maximum Gasteiger partial charge on any atom is 0.228 e. The normalized spacial score (nSPS) is 10.9. The number of rotatable bonds is 7. The minimum absolute atomic E-state index is 0.292. The van der Waals surface area contributed by atoms with Gasteiger partial charge >= 0.3 is 0 Å². The van der Waals surface area contributed by atoms with E-state index in [0.717, 1.165) is 29.8 Å². The summed E-state index contributed by atoms with van der Waals surface area (Å²) in [6.07, 6.45) is 1.67. The van der Waals surface area contributed by atoms with Gasteiger partial charge < -0.3 is 14.6 Å². The van der Waals surface area contributed by atoms with Crippen LogP contribution in [0.5, 0.6) is 0 Å². The molecule has 3 aromatic rings. The second kappa shape index (κ2) is 7.83. The van der Waals surface area contributed by atoms with Crippen molar-refractivity contribution in [1.29, 1.82) is 0 Å². The van der Waals surface area contributed by atoms with Gasteiger partial charge in [0.05, 0.1) is 12.8 Å². The molecule has 0 bridgehead atoms. The van der Waals surface area contributed by atoms with E-state index in [2.05, 4.69) is 53.3 Å². The molecular formula is C20H24N4O. The smallest absolute Gasteiger partial charge is 0.228 e. The van der Waals surface area contributed by atoms with Crippen LogP contribution in [0.15, 0.2) is 59.2 Å². The molecule has 2 heterocycles. The molecule has 5 nitrogen and oxygen atoms in total. The second-order valence-corrected chi connectivity index (χ2v) is 6.33. The Hall–Kier alpha value is -2.82. The third kappa shape index (κ3) is 4.59. The fourth-order valence-corrected chi connectivity index (χ4v) is 2.63. The molecule has 0 atom stereocenters. The largest absolute Gasteiger partial charge is 0.467 e. The van der Waals surface area contributed by atoms with Crippen LogP contribution in [-0.2, 0) is 13.1 Å². The van der Waals surface area contributed by atoms with Crippen LogP contribution in [0, 0.1) is 6.92 Å². The molecule has 0 aliphatic rings. The molecule has 3 rings (SSSR count). The van der Waals surface area contributed by atoms with E-state index < -0.39 is 0 Å². The highest BCUT2D eigenvalue weighted by atomic mass is 16.3. The maximum atomic E-state index is 5.36. The molecule has 25 heavy (non-hydrogen) atoms. The van der Waals surface area contributed by atoms with Crippen molar-refractivity contribution in [2.24, 2.45) is 0 Å². The van der Waals surface area contributed by atoms with Gasteiger partial charge in [-0.2, -0.15) is 4.98 Å². The first-order valence-corrected chi connectivity index (χ1v) is 8.54. The van der Waals surface area contributed by atoms with E-state index >= 15 is 0 Å². The highest BCUT2D eigenvalue weighted by molar-refractivity contribution is 5.44. The van der Waals surface area contributed by atoms with Crippen molar-refractivity contribution in [3.8, 4) is 0 Å². The molecule has 0 radical (unpaired) electrons. The number of hydrogen-bond acceptors (Lipinski definition) is 5. The van der Waals surface area contributed by atoms with Gasteiger partial charge in [0.25, 0.3) is 0 Å². The van der Waals surface area contributed by atoms with Crippen LogP contribution in [0.25, 0.3) is 0 Å². The van der Waals surface area contributed by atoms with Gasteiger partial charge in [-0.25, -0.2) is 4.98 Å². The standard InChI is InChI=1S/C20H24N4O/c1-15(2)24(14-17-8-5-4-6-9-17)20-22-16(3)12-19(23-20)21-13-18-10-7-11-25-18/h4-12,15H,13-14H2,1-3H3,(H,21,22,23). The minimum atomic E-state index is 0.292. The molecule has 0 saturated heterocycles. The Morgan fingerprint density at radius 2 is 1.88 bits per heavy atom. The van der Waals surface area contributed by atoms with Gasteiger partial charge in [0.1, 0.15) is 11.6 Å². The molecule has 0 amide bonds. The Morgan fingerprint density at radius 1 is 1.08 bits per heavy atom. The quantitative estimate of drug-likeness (QED) is 0.693. The SMILES string of the molecule is Cc1cc(NCc2ccco2)nc(N(Cc2ccccc2)C(C)C)n1. The Labute approximate surface area is 148 Å². The summed E-state index contributed by atoms with van der Waals surface area (Å²) >= 11 is 0. The summed E-state index contributed by atoms with van der Waals surface area (Å²) < 4.78 is 5.36. The van der Waals surface area contributed by atoms with Crippen molar-refractivity contribution >= 4 is 11.8 Å². The molecular weight excluding hydrogens is 312 g/mol. The van der Waals surface area contributed by atoms with E-state index in [1.165, 1.54) is 5.56 Å². The molecule has 130 valence electrons. The summed E-state index contributed by atoms with van der Waals surface area (Å²) in [6, 6.07) is 16.5. The summed E-state index contributed by atoms with van der Waals surface area (Å²) in [5.74, 6) is 2.42. The minimum Gasteiger partial charge on any atom is -0.467 e. The summed E-state index contributed by atoms with van der Waals surface area (Å²) in [5, 5.41) is 3.31. The summed E-state index contributed by atoms with van der Waals surface area (Å²) in [4.78, 5) is 11.6. The number of nitrogens with zero attached hydrogens (tertiary/aromatic N) is 3. The van der Waals surface area contributed by atoms with Gasteiger partial charge in [-0.1, -0.05) is 30.3 Å². The van der Waals surface area contributed by atoms with Crippen LogP contribution in [0.1, 0.15) is 30.9 Å². The first-order valence-electron chi connectivity index (χ1n) is 8.54. The van der Waals surface area contributed by atoms with E-state index in [1.54, 1.807) is 6.26 Å². The molecule has 1 N–H and O–H groups in total. The van der Waals surface area contributed by atoms with Crippen LogP contribution in [0.2, 0.25) is 0 Å². The van der Waals surface area contributed by atoms with E-state index in [-0.39, 0.29) is 0 Å². The van der Waals surface area contributed by atoms with E-state index in [9.17, 15) is 0 Å². The van der Waals surface area contributed by atoms with Crippen molar-refractivity contribution in [1.82, 2.24) is 9.97 Å². The fraction of sp³-hybridized carbons (Fsp3) is 0.300. The van der Waals surface area contributed by atoms with Crippen LogP contribution in [0.4, 0.5) is 11.8 Å². The predicted molar refractivity (Wildman–Crippen MR) is 101 cm³/mol. The number of nitrogens with one attached hydrogen (secondary N) is 1. The van der Waals surface area contributed by atoms with E-state index in [4.69, 9.17) is 9.40 Å². The van der Waals surface area contributed by atoms with Gasteiger partial charge in [0, 0.05) is 24.3 Å². The molecule has 0 saturated carbocycles. The van der Waals surface area contributed by atoms with E-state index in [0.29, 0.717) is 12.6 Å². The van der Waals surface area contributed by atoms with Gasteiger partial charge in [0.2, 0.25) is 5.95 Å². The number of aryl methyl sites for hydroxylation is 1. The number of aromatic nitrogens is 2. The van der Waals surface area contributed by atoms with Crippen LogP contribution >= 0.6 is 0 Å². The molecule has 1 aromatic carbocycles. The monoisotopic (exact) mass is 336 g/mol. The Kier molecular flexibility index (Phi) is 5.33.